The van der Waals surface area contributed by atoms with Gasteiger partial charge in [0.05, 0.1) is 10.9 Å². The molecule has 1 unspecified atom stereocenters. The SMILES string of the molecule is CCC(Sc1cc(-c2ccccc2)ncn1)C(=O)Nc1cc(C)ccc1C. The zero-order valence-electron chi connectivity index (χ0n) is 15.8. The first-order valence-corrected chi connectivity index (χ1v) is 9.87. The Kier molecular flexibility index (Phi) is 6.24. The van der Waals surface area contributed by atoms with Crippen LogP contribution in [0.3, 0.4) is 0 Å². The number of aromatic nitrogens is 2. The van der Waals surface area contributed by atoms with E-state index in [-0.39, 0.29) is 11.2 Å². The molecular formula is C22H23N3OS. The lowest BCUT2D eigenvalue weighted by Crippen LogP contribution is -2.25. The fourth-order valence-corrected chi connectivity index (χ4v) is 3.63. The summed E-state index contributed by atoms with van der Waals surface area (Å²) in [6.07, 6.45) is 2.27. The molecule has 0 aliphatic carbocycles. The number of hydrogen-bond acceptors (Lipinski definition) is 4. The first-order chi connectivity index (χ1) is 13.1. The van der Waals surface area contributed by atoms with E-state index in [1.165, 1.54) is 11.8 Å². The molecule has 1 N–H and O–H groups in total. The van der Waals surface area contributed by atoms with Gasteiger partial charge in [-0.2, -0.15) is 0 Å². The Morgan fingerprint density at radius 2 is 1.85 bits per heavy atom. The monoisotopic (exact) mass is 377 g/mol. The van der Waals surface area contributed by atoms with Crippen LogP contribution in [0.2, 0.25) is 0 Å². The molecule has 0 bridgehead atoms. The molecule has 1 aromatic heterocycles. The summed E-state index contributed by atoms with van der Waals surface area (Å²) in [6.45, 7) is 6.03. The molecule has 0 saturated carbocycles. The highest BCUT2D eigenvalue weighted by Crippen LogP contribution is 2.28. The molecule has 0 aliphatic heterocycles. The van der Waals surface area contributed by atoms with Crippen LogP contribution < -0.4 is 5.32 Å². The lowest BCUT2D eigenvalue weighted by atomic mass is 10.1. The van der Waals surface area contributed by atoms with E-state index in [0.29, 0.717) is 6.42 Å². The van der Waals surface area contributed by atoms with E-state index in [1.54, 1.807) is 6.33 Å². The van der Waals surface area contributed by atoms with Gasteiger partial charge < -0.3 is 5.32 Å². The highest BCUT2D eigenvalue weighted by molar-refractivity contribution is 8.00. The Labute approximate surface area is 164 Å². The summed E-state index contributed by atoms with van der Waals surface area (Å²) in [4.78, 5) is 21.5. The molecule has 4 nitrogen and oxygen atoms in total. The van der Waals surface area contributed by atoms with Crippen LogP contribution in [0, 0.1) is 13.8 Å². The van der Waals surface area contributed by atoms with Gasteiger partial charge in [0.15, 0.2) is 0 Å². The largest absolute Gasteiger partial charge is 0.325 e. The summed E-state index contributed by atoms with van der Waals surface area (Å²) in [6, 6.07) is 18.0. The molecule has 1 atom stereocenters. The number of carbonyl (C=O) groups is 1. The van der Waals surface area contributed by atoms with Crippen LogP contribution in [0.4, 0.5) is 5.69 Å². The fourth-order valence-electron chi connectivity index (χ4n) is 2.72. The normalized spacial score (nSPS) is 11.8. The lowest BCUT2D eigenvalue weighted by molar-refractivity contribution is -0.115. The van der Waals surface area contributed by atoms with Crippen molar-refractivity contribution >= 4 is 23.4 Å². The summed E-state index contributed by atoms with van der Waals surface area (Å²) in [7, 11) is 0. The quantitative estimate of drug-likeness (QED) is 0.470. The molecule has 2 aromatic carbocycles. The predicted molar refractivity (Wildman–Crippen MR) is 112 cm³/mol. The van der Waals surface area contributed by atoms with Crippen LogP contribution in [0.15, 0.2) is 66.0 Å². The molecule has 0 spiro atoms. The van der Waals surface area contributed by atoms with Gasteiger partial charge >= 0.3 is 0 Å². The molecule has 0 aliphatic rings. The van der Waals surface area contributed by atoms with E-state index in [1.807, 2.05) is 75.4 Å². The average Bonchev–Trinajstić information content (AvgIpc) is 2.69. The molecule has 1 amide bonds. The molecule has 0 fully saturated rings. The van der Waals surface area contributed by atoms with Crippen LogP contribution in [0.1, 0.15) is 24.5 Å². The second-order valence-corrected chi connectivity index (χ2v) is 7.65. The number of hydrogen-bond donors (Lipinski definition) is 1. The first kappa shape index (κ1) is 19.1. The van der Waals surface area contributed by atoms with Gasteiger partial charge in [0.1, 0.15) is 11.4 Å². The zero-order chi connectivity index (χ0) is 19.2. The minimum atomic E-state index is -0.219. The van der Waals surface area contributed by atoms with Gasteiger partial charge in [-0.15, -0.1) is 0 Å². The Morgan fingerprint density at radius 3 is 2.59 bits per heavy atom. The number of amides is 1. The van der Waals surface area contributed by atoms with Crippen molar-refractivity contribution < 1.29 is 4.79 Å². The Balaban J connectivity index is 1.75. The number of nitrogens with zero attached hydrogens (tertiary/aromatic N) is 2. The van der Waals surface area contributed by atoms with Crippen LogP contribution in [-0.4, -0.2) is 21.1 Å². The van der Waals surface area contributed by atoms with Crippen LogP contribution in [-0.2, 0) is 4.79 Å². The highest BCUT2D eigenvalue weighted by Gasteiger charge is 2.20. The number of carbonyl (C=O) groups excluding carboxylic acids is 1. The predicted octanol–water partition coefficient (Wildman–Crippen LogP) is 5.27. The third-order valence-corrected chi connectivity index (χ3v) is 5.59. The molecule has 138 valence electrons. The topological polar surface area (TPSA) is 54.9 Å². The van der Waals surface area contributed by atoms with E-state index >= 15 is 0 Å². The van der Waals surface area contributed by atoms with Crippen molar-refractivity contribution in [2.75, 3.05) is 5.32 Å². The van der Waals surface area contributed by atoms with Crippen molar-refractivity contribution in [1.82, 2.24) is 9.97 Å². The Bertz CT molecular complexity index is 928. The summed E-state index contributed by atoms with van der Waals surface area (Å²) in [5, 5.41) is 3.64. The molecule has 3 aromatic rings. The van der Waals surface area contributed by atoms with Crippen LogP contribution >= 0.6 is 11.8 Å². The molecule has 5 heteroatoms. The van der Waals surface area contributed by atoms with Crippen molar-refractivity contribution in [1.29, 1.82) is 0 Å². The summed E-state index contributed by atoms with van der Waals surface area (Å²) in [5.41, 5.74) is 4.95. The van der Waals surface area contributed by atoms with E-state index in [2.05, 4.69) is 15.3 Å². The minimum absolute atomic E-state index is 0.00364. The van der Waals surface area contributed by atoms with Crippen molar-refractivity contribution in [2.45, 2.75) is 37.5 Å². The van der Waals surface area contributed by atoms with Crippen molar-refractivity contribution in [2.24, 2.45) is 0 Å². The van der Waals surface area contributed by atoms with Gasteiger partial charge in [0.2, 0.25) is 5.91 Å². The maximum atomic E-state index is 12.8. The maximum absolute atomic E-state index is 12.8. The van der Waals surface area contributed by atoms with Gasteiger partial charge in [0, 0.05) is 11.3 Å². The average molecular weight is 378 g/mol. The number of thioether (sulfide) groups is 1. The lowest BCUT2D eigenvalue weighted by Gasteiger charge is -2.16. The smallest absolute Gasteiger partial charge is 0.237 e. The minimum Gasteiger partial charge on any atom is -0.325 e. The number of anilines is 1. The number of rotatable bonds is 6. The van der Waals surface area contributed by atoms with Crippen LogP contribution in [0.5, 0.6) is 0 Å². The number of benzene rings is 2. The highest BCUT2D eigenvalue weighted by atomic mass is 32.2. The van der Waals surface area contributed by atoms with Crippen molar-refractivity contribution in [3.8, 4) is 11.3 Å². The Morgan fingerprint density at radius 1 is 1.07 bits per heavy atom. The van der Waals surface area contributed by atoms with Gasteiger partial charge in [-0.05, 0) is 43.5 Å². The van der Waals surface area contributed by atoms with E-state index in [0.717, 1.165) is 33.1 Å². The maximum Gasteiger partial charge on any atom is 0.237 e. The molecule has 0 saturated heterocycles. The van der Waals surface area contributed by atoms with Gasteiger partial charge in [-0.3, -0.25) is 4.79 Å². The van der Waals surface area contributed by atoms with Crippen molar-refractivity contribution in [3.63, 3.8) is 0 Å². The molecule has 27 heavy (non-hydrogen) atoms. The first-order valence-electron chi connectivity index (χ1n) is 8.99. The summed E-state index contributed by atoms with van der Waals surface area (Å²) >= 11 is 1.47. The third kappa shape index (κ3) is 4.95. The van der Waals surface area contributed by atoms with Gasteiger partial charge in [-0.25, -0.2) is 9.97 Å². The Hall–Kier alpha value is -2.66. The third-order valence-electron chi connectivity index (χ3n) is 4.29. The standard InChI is InChI=1S/C22H23N3OS/c1-4-20(22(26)25-18-12-15(2)10-11-16(18)3)27-21-13-19(23-14-24-21)17-8-6-5-7-9-17/h5-14,20H,4H2,1-3H3,(H,25,26). The van der Waals surface area contributed by atoms with Crippen molar-refractivity contribution in [3.05, 3.63) is 72.1 Å². The fraction of sp³-hybridized carbons (Fsp3) is 0.227. The molecule has 3 rings (SSSR count). The summed E-state index contributed by atoms with van der Waals surface area (Å²) in [5.74, 6) is -0.00364. The summed E-state index contributed by atoms with van der Waals surface area (Å²) < 4.78 is 0. The second kappa shape index (κ2) is 8.82. The number of nitrogens with one attached hydrogen (secondary N) is 1. The van der Waals surface area contributed by atoms with E-state index in [4.69, 9.17) is 0 Å². The zero-order valence-corrected chi connectivity index (χ0v) is 16.6. The second-order valence-electron chi connectivity index (χ2n) is 6.43. The number of aryl methyl sites for hydroxylation is 2. The van der Waals surface area contributed by atoms with Gasteiger partial charge in [0.25, 0.3) is 0 Å². The van der Waals surface area contributed by atoms with E-state index < -0.39 is 0 Å². The van der Waals surface area contributed by atoms with E-state index in [9.17, 15) is 4.79 Å². The van der Waals surface area contributed by atoms with Crippen LogP contribution in [0.25, 0.3) is 11.3 Å². The van der Waals surface area contributed by atoms with Gasteiger partial charge in [-0.1, -0.05) is 61.2 Å². The molecule has 1 heterocycles. The molecule has 0 radical (unpaired) electrons. The molecular weight excluding hydrogens is 354 g/mol.